The molecule has 114 valence electrons. The lowest BCUT2D eigenvalue weighted by Gasteiger charge is -2.10. The van der Waals surface area contributed by atoms with E-state index >= 15 is 0 Å². The van der Waals surface area contributed by atoms with Crippen molar-refractivity contribution >= 4 is 23.2 Å². The normalized spacial score (nSPS) is 9.81. The van der Waals surface area contributed by atoms with Crippen molar-refractivity contribution in [3.63, 3.8) is 0 Å². The van der Waals surface area contributed by atoms with Crippen molar-refractivity contribution in [3.05, 3.63) is 28.3 Å². The third-order valence-electron chi connectivity index (χ3n) is 2.67. The Hall–Kier alpha value is -2.64. The maximum absolute atomic E-state index is 11.7. The van der Waals surface area contributed by atoms with Gasteiger partial charge in [0.1, 0.15) is 5.75 Å². The Morgan fingerprint density at radius 1 is 1.33 bits per heavy atom. The molecule has 0 aliphatic rings. The molecule has 1 rings (SSSR count). The minimum Gasteiger partial charge on any atom is -0.494 e. The van der Waals surface area contributed by atoms with Crippen LogP contribution in [0.1, 0.15) is 19.8 Å². The number of carbonyl (C=O) groups excluding carboxylic acids is 2. The van der Waals surface area contributed by atoms with E-state index in [0.29, 0.717) is 6.54 Å². The summed E-state index contributed by atoms with van der Waals surface area (Å²) in [5.74, 6) is -1.50. The molecule has 0 atom stereocenters. The first kappa shape index (κ1) is 16.4. The molecule has 0 aromatic heterocycles. The molecule has 0 fully saturated rings. The van der Waals surface area contributed by atoms with Gasteiger partial charge in [0, 0.05) is 12.6 Å². The molecule has 0 bridgehead atoms. The summed E-state index contributed by atoms with van der Waals surface area (Å²) >= 11 is 0. The first-order chi connectivity index (χ1) is 9.99. The van der Waals surface area contributed by atoms with E-state index in [-0.39, 0.29) is 17.1 Å². The molecule has 21 heavy (non-hydrogen) atoms. The summed E-state index contributed by atoms with van der Waals surface area (Å²) in [5, 5.41) is 15.5. The SMILES string of the molecule is CCCCNC(=O)C(=O)Nc1ccc([N+](=O)[O-])cc1OC. The fraction of sp³-hybridized carbons (Fsp3) is 0.385. The van der Waals surface area contributed by atoms with Gasteiger partial charge in [-0.2, -0.15) is 0 Å². The summed E-state index contributed by atoms with van der Waals surface area (Å²) in [6, 6.07) is 3.70. The van der Waals surface area contributed by atoms with Crippen molar-refractivity contribution in [1.82, 2.24) is 5.32 Å². The Morgan fingerprint density at radius 2 is 2.05 bits per heavy atom. The number of unbranched alkanes of at least 4 members (excludes halogenated alkanes) is 1. The van der Waals surface area contributed by atoms with Gasteiger partial charge in [0.2, 0.25) is 0 Å². The standard InChI is InChI=1S/C13H17N3O5/c1-3-4-7-14-12(17)13(18)15-10-6-5-9(16(19)20)8-11(10)21-2/h5-6,8H,3-4,7H2,1-2H3,(H,14,17)(H,15,18). The molecular formula is C13H17N3O5. The van der Waals surface area contributed by atoms with Crippen LogP contribution in [0.5, 0.6) is 5.75 Å². The highest BCUT2D eigenvalue weighted by molar-refractivity contribution is 6.39. The molecule has 8 nitrogen and oxygen atoms in total. The highest BCUT2D eigenvalue weighted by atomic mass is 16.6. The fourth-order valence-corrected chi connectivity index (χ4v) is 1.53. The third-order valence-corrected chi connectivity index (χ3v) is 2.67. The van der Waals surface area contributed by atoms with Gasteiger partial charge in [0.25, 0.3) is 5.69 Å². The summed E-state index contributed by atoms with van der Waals surface area (Å²) in [6.45, 7) is 2.38. The van der Waals surface area contributed by atoms with Gasteiger partial charge in [0.15, 0.2) is 0 Å². The van der Waals surface area contributed by atoms with Crippen molar-refractivity contribution in [2.45, 2.75) is 19.8 Å². The molecule has 0 saturated carbocycles. The Balaban J connectivity index is 2.75. The smallest absolute Gasteiger partial charge is 0.313 e. The first-order valence-electron chi connectivity index (χ1n) is 6.41. The lowest BCUT2D eigenvalue weighted by atomic mass is 10.2. The largest absolute Gasteiger partial charge is 0.494 e. The van der Waals surface area contributed by atoms with Gasteiger partial charge in [-0.3, -0.25) is 19.7 Å². The van der Waals surface area contributed by atoms with Crippen molar-refractivity contribution < 1.29 is 19.2 Å². The summed E-state index contributed by atoms with van der Waals surface area (Å²) in [6.07, 6.45) is 1.68. The Morgan fingerprint density at radius 3 is 2.62 bits per heavy atom. The zero-order chi connectivity index (χ0) is 15.8. The number of hydrogen-bond acceptors (Lipinski definition) is 5. The van der Waals surface area contributed by atoms with Crippen LogP contribution in [0.2, 0.25) is 0 Å². The Labute approximate surface area is 121 Å². The van der Waals surface area contributed by atoms with E-state index in [2.05, 4.69) is 10.6 Å². The molecule has 0 heterocycles. The molecule has 0 radical (unpaired) electrons. The van der Waals surface area contributed by atoms with Gasteiger partial charge in [-0.15, -0.1) is 0 Å². The van der Waals surface area contributed by atoms with E-state index in [9.17, 15) is 19.7 Å². The number of carbonyl (C=O) groups is 2. The van der Waals surface area contributed by atoms with Gasteiger partial charge in [0.05, 0.1) is 23.8 Å². The first-order valence-corrected chi connectivity index (χ1v) is 6.41. The number of hydrogen-bond donors (Lipinski definition) is 2. The molecule has 1 aromatic rings. The molecule has 1 aromatic carbocycles. The highest BCUT2D eigenvalue weighted by Crippen LogP contribution is 2.28. The molecule has 0 spiro atoms. The maximum Gasteiger partial charge on any atom is 0.313 e. The molecular weight excluding hydrogens is 278 g/mol. The van der Waals surface area contributed by atoms with Crippen LogP contribution >= 0.6 is 0 Å². The number of anilines is 1. The Kier molecular flexibility index (Phi) is 6.12. The lowest BCUT2D eigenvalue weighted by molar-refractivity contribution is -0.384. The van der Waals surface area contributed by atoms with Crippen LogP contribution in [-0.2, 0) is 9.59 Å². The average molecular weight is 295 g/mol. The molecule has 2 N–H and O–H groups in total. The zero-order valence-electron chi connectivity index (χ0n) is 11.8. The number of amides is 2. The monoisotopic (exact) mass is 295 g/mol. The number of rotatable bonds is 6. The highest BCUT2D eigenvalue weighted by Gasteiger charge is 2.17. The van der Waals surface area contributed by atoms with Crippen LogP contribution in [0.15, 0.2) is 18.2 Å². The van der Waals surface area contributed by atoms with Crippen LogP contribution in [0.3, 0.4) is 0 Å². The molecule has 2 amide bonds. The summed E-state index contributed by atoms with van der Waals surface area (Å²) in [7, 11) is 1.32. The fourth-order valence-electron chi connectivity index (χ4n) is 1.53. The van der Waals surface area contributed by atoms with E-state index in [1.807, 2.05) is 6.92 Å². The Bertz CT molecular complexity index is 545. The molecule has 0 aliphatic heterocycles. The van der Waals surface area contributed by atoms with Crippen LogP contribution in [0.4, 0.5) is 11.4 Å². The van der Waals surface area contributed by atoms with Crippen LogP contribution in [0.25, 0.3) is 0 Å². The summed E-state index contributed by atoms with van der Waals surface area (Å²) < 4.78 is 4.96. The number of ether oxygens (including phenoxy) is 1. The molecule has 0 aliphatic carbocycles. The third kappa shape index (κ3) is 4.75. The van der Waals surface area contributed by atoms with Gasteiger partial charge in [-0.25, -0.2) is 0 Å². The zero-order valence-corrected chi connectivity index (χ0v) is 11.8. The van der Waals surface area contributed by atoms with Gasteiger partial charge in [-0.1, -0.05) is 13.3 Å². The van der Waals surface area contributed by atoms with Gasteiger partial charge >= 0.3 is 11.8 Å². The van der Waals surface area contributed by atoms with E-state index < -0.39 is 16.7 Å². The number of benzene rings is 1. The number of nitrogens with one attached hydrogen (secondary N) is 2. The van der Waals surface area contributed by atoms with Gasteiger partial charge < -0.3 is 15.4 Å². The number of nitro groups is 1. The molecule has 0 saturated heterocycles. The summed E-state index contributed by atoms with van der Waals surface area (Å²) in [5.41, 5.74) is 0.0241. The van der Waals surface area contributed by atoms with Crippen molar-refractivity contribution in [2.75, 3.05) is 19.0 Å². The lowest BCUT2D eigenvalue weighted by Crippen LogP contribution is -2.35. The van der Waals surface area contributed by atoms with Crippen molar-refractivity contribution in [1.29, 1.82) is 0 Å². The van der Waals surface area contributed by atoms with Gasteiger partial charge in [-0.05, 0) is 12.5 Å². The predicted molar refractivity (Wildman–Crippen MR) is 76.2 cm³/mol. The number of nitrogens with zero attached hydrogens (tertiary/aromatic N) is 1. The quantitative estimate of drug-likeness (QED) is 0.357. The second-order valence-electron chi connectivity index (χ2n) is 4.21. The summed E-state index contributed by atoms with van der Waals surface area (Å²) in [4.78, 5) is 33.3. The van der Waals surface area contributed by atoms with Crippen molar-refractivity contribution in [3.8, 4) is 5.75 Å². The van der Waals surface area contributed by atoms with Crippen LogP contribution in [0, 0.1) is 10.1 Å². The second-order valence-corrected chi connectivity index (χ2v) is 4.21. The maximum atomic E-state index is 11.7. The number of nitro benzene ring substituents is 1. The number of non-ortho nitro benzene ring substituents is 1. The molecule has 0 unspecified atom stereocenters. The number of methoxy groups -OCH3 is 1. The predicted octanol–water partition coefficient (Wildman–Crippen LogP) is 1.46. The van der Waals surface area contributed by atoms with E-state index in [1.54, 1.807) is 0 Å². The van der Waals surface area contributed by atoms with E-state index in [4.69, 9.17) is 4.74 Å². The van der Waals surface area contributed by atoms with E-state index in [1.165, 1.54) is 25.3 Å². The van der Waals surface area contributed by atoms with Crippen LogP contribution < -0.4 is 15.4 Å². The minimum absolute atomic E-state index is 0.110. The second kappa shape index (κ2) is 7.83. The average Bonchev–Trinajstić information content (AvgIpc) is 2.47. The van der Waals surface area contributed by atoms with E-state index in [0.717, 1.165) is 12.8 Å². The molecule has 8 heteroatoms. The van der Waals surface area contributed by atoms with Crippen LogP contribution in [-0.4, -0.2) is 30.4 Å². The topological polar surface area (TPSA) is 111 Å². The van der Waals surface area contributed by atoms with Crippen molar-refractivity contribution in [2.24, 2.45) is 0 Å². The minimum atomic E-state index is -0.849.